The third-order valence-corrected chi connectivity index (χ3v) is 3.79. The average Bonchev–Trinajstić information content (AvgIpc) is 2.93. The van der Waals surface area contributed by atoms with Gasteiger partial charge in [0.1, 0.15) is 17.7 Å². The second-order valence-electron chi connectivity index (χ2n) is 5.25. The standard InChI is InChI=1S/C15H21N5O/c1-16-14-5-3-4-12(18-14)13-10-20(8-9-21-13)11-15-17-6-7-19(15)2/h3-7,13H,8-11H2,1-2H3,(H,16,18). The van der Waals surface area contributed by atoms with Gasteiger partial charge in [0.15, 0.2) is 0 Å². The Morgan fingerprint density at radius 3 is 3.10 bits per heavy atom. The number of anilines is 1. The smallest absolute Gasteiger partial charge is 0.126 e. The van der Waals surface area contributed by atoms with Gasteiger partial charge in [0.2, 0.25) is 0 Å². The Morgan fingerprint density at radius 1 is 1.43 bits per heavy atom. The summed E-state index contributed by atoms with van der Waals surface area (Å²) in [5.74, 6) is 1.95. The molecule has 0 bridgehead atoms. The Morgan fingerprint density at radius 2 is 2.33 bits per heavy atom. The van der Waals surface area contributed by atoms with Crippen LogP contribution in [-0.2, 0) is 18.3 Å². The van der Waals surface area contributed by atoms with Crippen molar-refractivity contribution in [2.45, 2.75) is 12.6 Å². The lowest BCUT2D eigenvalue weighted by Crippen LogP contribution is -2.38. The lowest BCUT2D eigenvalue weighted by Gasteiger charge is -2.32. The molecule has 1 fully saturated rings. The Hall–Kier alpha value is -1.92. The molecular formula is C15H21N5O. The van der Waals surface area contributed by atoms with E-state index in [1.54, 1.807) is 0 Å². The van der Waals surface area contributed by atoms with Gasteiger partial charge in [-0.3, -0.25) is 4.90 Å². The number of nitrogens with one attached hydrogen (secondary N) is 1. The molecule has 1 N–H and O–H groups in total. The van der Waals surface area contributed by atoms with Gasteiger partial charge in [-0.05, 0) is 12.1 Å². The fourth-order valence-corrected chi connectivity index (χ4v) is 2.54. The Bertz CT molecular complexity index is 597. The highest BCUT2D eigenvalue weighted by molar-refractivity contribution is 5.34. The Kier molecular flexibility index (Phi) is 4.17. The summed E-state index contributed by atoms with van der Waals surface area (Å²) in [5, 5.41) is 3.07. The molecule has 0 aromatic carbocycles. The molecular weight excluding hydrogens is 266 g/mol. The molecule has 1 atom stereocenters. The molecule has 0 aliphatic carbocycles. The summed E-state index contributed by atoms with van der Waals surface area (Å²) < 4.78 is 7.94. The highest BCUT2D eigenvalue weighted by atomic mass is 16.5. The predicted octanol–water partition coefficient (Wildman–Crippen LogP) is 1.43. The second-order valence-corrected chi connectivity index (χ2v) is 5.25. The molecule has 1 aliphatic heterocycles. The van der Waals surface area contributed by atoms with Crippen LogP contribution in [0.5, 0.6) is 0 Å². The van der Waals surface area contributed by atoms with Gasteiger partial charge < -0.3 is 14.6 Å². The third kappa shape index (κ3) is 3.22. The molecule has 0 saturated carbocycles. The number of aryl methyl sites for hydroxylation is 1. The molecule has 3 heterocycles. The normalized spacial score (nSPS) is 19.6. The Balaban J connectivity index is 1.69. The van der Waals surface area contributed by atoms with Crippen molar-refractivity contribution < 1.29 is 4.74 Å². The van der Waals surface area contributed by atoms with Gasteiger partial charge in [0, 0.05) is 39.6 Å². The quantitative estimate of drug-likeness (QED) is 0.922. The summed E-state index contributed by atoms with van der Waals surface area (Å²) in [6.07, 6.45) is 3.84. The van der Waals surface area contributed by atoms with Crippen LogP contribution in [0.3, 0.4) is 0 Å². The van der Waals surface area contributed by atoms with Crippen LogP contribution >= 0.6 is 0 Å². The minimum absolute atomic E-state index is 0.0207. The largest absolute Gasteiger partial charge is 0.373 e. The molecule has 0 radical (unpaired) electrons. The fraction of sp³-hybridized carbons (Fsp3) is 0.467. The highest BCUT2D eigenvalue weighted by Gasteiger charge is 2.24. The summed E-state index contributed by atoms with van der Waals surface area (Å²) in [4.78, 5) is 11.3. The second kappa shape index (κ2) is 6.24. The maximum atomic E-state index is 5.88. The van der Waals surface area contributed by atoms with Crippen molar-refractivity contribution in [1.82, 2.24) is 19.4 Å². The number of morpholine rings is 1. The molecule has 6 heteroatoms. The van der Waals surface area contributed by atoms with Crippen molar-refractivity contribution in [3.63, 3.8) is 0 Å². The van der Waals surface area contributed by atoms with Crippen LogP contribution in [0.25, 0.3) is 0 Å². The van der Waals surface area contributed by atoms with E-state index in [9.17, 15) is 0 Å². The van der Waals surface area contributed by atoms with E-state index < -0.39 is 0 Å². The van der Waals surface area contributed by atoms with Gasteiger partial charge in [-0.1, -0.05) is 6.07 Å². The molecule has 6 nitrogen and oxygen atoms in total. The van der Waals surface area contributed by atoms with Crippen molar-refractivity contribution in [3.8, 4) is 0 Å². The van der Waals surface area contributed by atoms with Gasteiger partial charge in [-0.15, -0.1) is 0 Å². The fourth-order valence-electron chi connectivity index (χ4n) is 2.54. The zero-order valence-electron chi connectivity index (χ0n) is 12.5. The molecule has 1 aliphatic rings. The molecule has 3 rings (SSSR count). The summed E-state index contributed by atoms with van der Waals surface area (Å²) >= 11 is 0. The van der Waals surface area contributed by atoms with Crippen LogP contribution in [0.15, 0.2) is 30.6 Å². The van der Waals surface area contributed by atoms with E-state index in [0.29, 0.717) is 0 Å². The first-order valence-electron chi connectivity index (χ1n) is 7.21. The van der Waals surface area contributed by atoms with Gasteiger partial charge in [-0.2, -0.15) is 0 Å². The molecule has 0 spiro atoms. The number of imidazole rings is 1. The van der Waals surface area contributed by atoms with E-state index in [1.165, 1.54) is 0 Å². The first-order chi connectivity index (χ1) is 10.3. The number of pyridine rings is 1. The Labute approximate surface area is 124 Å². The average molecular weight is 287 g/mol. The van der Waals surface area contributed by atoms with E-state index in [1.807, 2.05) is 44.7 Å². The summed E-state index contributed by atoms with van der Waals surface area (Å²) in [5.41, 5.74) is 0.978. The minimum atomic E-state index is 0.0207. The van der Waals surface area contributed by atoms with Crippen LogP contribution in [0.1, 0.15) is 17.6 Å². The lowest BCUT2D eigenvalue weighted by atomic mass is 10.2. The van der Waals surface area contributed by atoms with Crippen LogP contribution in [0.2, 0.25) is 0 Å². The number of aromatic nitrogens is 3. The number of ether oxygens (including phenoxy) is 1. The van der Waals surface area contributed by atoms with Gasteiger partial charge >= 0.3 is 0 Å². The van der Waals surface area contributed by atoms with Crippen molar-refractivity contribution in [2.24, 2.45) is 7.05 Å². The zero-order valence-corrected chi connectivity index (χ0v) is 12.5. The first-order valence-corrected chi connectivity index (χ1v) is 7.21. The van der Waals surface area contributed by atoms with E-state index in [0.717, 1.165) is 43.6 Å². The lowest BCUT2D eigenvalue weighted by molar-refractivity contribution is -0.0358. The third-order valence-electron chi connectivity index (χ3n) is 3.79. The van der Waals surface area contributed by atoms with Crippen molar-refractivity contribution in [1.29, 1.82) is 0 Å². The van der Waals surface area contributed by atoms with Gasteiger partial charge in [-0.25, -0.2) is 9.97 Å². The topological polar surface area (TPSA) is 55.2 Å². The molecule has 0 amide bonds. The van der Waals surface area contributed by atoms with Gasteiger partial charge in [0.25, 0.3) is 0 Å². The van der Waals surface area contributed by atoms with Gasteiger partial charge in [0.05, 0.1) is 18.8 Å². The maximum Gasteiger partial charge on any atom is 0.126 e. The number of hydrogen-bond donors (Lipinski definition) is 1. The highest BCUT2D eigenvalue weighted by Crippen LogP contribution is 2.22. The number of hydrogen-bond acceptors (Lipinski definition) is 5. The molecule has 1 saturated heterocycles. The predicted molar refractivity (Wildman–Crippen MR) is 81.0 cm³/mol. The first kappa shape index (κ1) is 14.0. The van der Waals surface area contributed by atoms with E-state index in [4.69, 9.17) is 4.74 Å². The number of nitrogens with zero attached hydrogens (tertiary/aromatic N) is 4. The van der Waals surface area contributed by atoms with Crippen LogP contribution < -0.4 is 5.32 Å². The molecule has 21 heavy (non-hydrogen) atoms. The maximum absolute atomic E-state index is 5.88. The van der Waals surface area contributed by atoms with E-state index >= 15 is 0 Å². The number of rotatable bonds is 4. The summed E-state index contributed by atoms with van der Waals surface area (Å²) in [6.45, 7) is 3.33. The molecule has 2 aromatic rings. The van der Waals surface area contributed by atoms with E-state index in [-0.39, 0.29) is 6.10 Å². The molecule has 1 unspecified atom stereocenters. The minimum Gasteiger partial charge on any atom is -0.373 e. The molecule has 2 aromatic heterocycles. The van der Waals surface area contributed by atoms with Crippen molar-refractivity contribution in [3.05, 3.63) is 42.1 Å². The van der Waals surface area contributed by atoms with Crippen LogP contribution in [0, 0.1) is 0 Å². The monoisotopic (exact) mass is 287 g/mol. The summed E-state index contributed by atoms with van der Waals surface area (Å²) in [7, 11) is 3.90. The van der Waals surface area contributed by atoms with Crippen LogP contribution in [-0.4, -0.2) is 46.2 Å². The zero-order chi connectivity index (χ0) is 14.7. The summed E-state index contributed by atoms with van der Waals surface area (Å²) in [6, 6.07) is 5.99. The van der Waals surface area contributed by atoms with E-state index in [2.05, 4.69) is 24.8 Å². The van der Waals surface area contributed by atoms with Crippen molar-refractivity contribution in [2.75, 3.05) is 32.1 Å². The SMILES string of the molecule is CNc1cccc(C2CN(Cc3nccn3C)CCO2)n1. The molecule has 112 valence electrons. The van der Waals surface area contributed by atoms with Crippen LogP contribution in [0.4, 0.5) is 5.82 Å². The van der Waals surface area contributed by atoms with Crippen molar-refractivity contribution >= 4 is 5.82 Å².